The second-order valence-corrected chi connectivity index (χ2v) is 9.42. The van der Waals surface area contributed by atoms with Crippen LogP contribution in [0.1, 0.15) is 29.1 Å². The monoisotopic (exact) mass is 462 g/mol. The van der Waals surface area contributed by atoms with Gasteiger partial charge in [-0.25, -0.2) is 4.79 Å². The second kappa shape index (κ2) is 10.1. The van der Waals surface area contributed by atoms with Gasteiger partial charge in [0.25, 0.3) is 0 Å². The van der Waals surface area contributed by atoms with Gasteiger partial charge >= 0.3 is 5.97 Å². The summed E-state index contributed by atoms with van der Waals surface area (Å²) >= 11 is 1.56. The maximum Gasteiger partial charge on any atom is 0.338 e. The third-order valence-corrected chi connectivity index (χ3v) is 7.15. The molecule has 0 saturated carbocycles. The molecule has 3 unspecified atom stereocenters. The number of benzene rings is 3. The highest BCUT2D eigenvalue weighted by Gasteiger charge is 2.50. The molecule has 0 radical (unpaired) electrons. The molecule has 33 heavy (non-hydrogen) atoms. The lowest BCUT2D eigenvalue weighted by Gasteiger charge is -2.48. The lowest BCUT2D eigenvalue weighted by molar-refractivity contribution is -0.306. The van der Waals surface area contributed by atoms with Crippen molar-refractivity contribution in [3.63, 3.8) is 0 Å². The van der Waals surface area contributed by atoms with Gasteiger partial charge in [0.1, 0.15) is 17.6 Å². The lowest BCUT2D eigenvalue weighted by atomic mass is 9.90. The number of hydrogen-bond donors (Lipinski definition) is 0. The van der Waals surface area contributed by atoms with Crippen LogP contribution < -0.4 is 0 Å². The van der Waals surface area contributed by atoms with Crippen molar-refractivity contribution in [1.29, 1.82) is 0 Å². The van der Waals surface area contributed by atoms with Crippen LogP contribution in [0.25, 0.3) is 0 Å². The summed E-state index contributed by atoms with van der Waals surface area (Å²) in [5.41, 5.74) is 1.10. The summed E-state index contributed by atoms with van der Waals surface area (Å²) in [4.78, 5) is 14.0. The fourth-order valence-electron chi connectivity index (χ4n) is 4.25. The van der Waals surface area contributed by atoms with E-state index in [4.69, 9.17) is 18.9 Å². The standard InChI is InChI=1S/C27H26O5S/c1-18-23-22(17-29-26(32-23)20-13-7-3-8-14-20)30-27(33-21-15-9-4-10-16-21)24(18)31-25(28)19-11-5-2-6-12-19/h2-16,18,22-24,26-27H,17H2,1H3/t18-,22?,23+,24?,26?,27-/m0/s1. The maximum absolute atomic E-state index is 12.9. The van der Waals surface area contributed by atoms with E-state index < -0.39 is 12.4 Å². The molecule has 0 aromatic heterocycles. The van der Waals surface area contributed by atoms with Crippen molar-refractivity contribution >= 4 is 17.7 Å². The Kier molecular flexibility index (Phi) is 6.78. The number of hydrogen-bond acceptors (Lipinski definition) is 6. The molecule has 3 aromatic rings. The van der Waals surface area contributed by atoms with Gasteiger partial charge in [-0.05, 0) is 24.3 Å². The number of carbonyl (C=O) groups excluding carboxylic acids is 1. The molecule has 5 rings (SSSR count). The molecule has 0 aliphatic carbocycles. The van der Waals surface area contributed by atoms with Gasteiger partial charge in [0.2, 0.25) is 0 Å². The lowest BCUT2D eigenvalue weighted by Crippen LogP contribution is -2.58. The molecular weight excluding hydrogens is 436 g/mol. The summed E-state index contributed by atoms with van der Waals surface area (Å²) in [6.45, 7) is 2.48. The summed E-state index contributed by atoms with van der Waals surface area (Å²) in [7, 11) is 0. The molecule has 6 atom stereocenters. The van der Waals surface area contributed by atoms with Crippen molar-refractivity contribution < 1.29 is 23.7 Å². The Labute approximate surface area is 198 Å². The first kappa shape index (κ1) is 22.2. The van der Waals surface area contributed by atoms with Crippen LogP contribution in [0.3, 0.4) is 0 Å². The fraction of sp³-hybridized carbons (Fsp3) is 0.296. The van der Waals surface area contributed by atoms with Crippen molar-refractivity contribution in [2.75, 3.05) is 6.61 Å². The SMILES string of the molecule is C[C@@H]1C(OC(=O)c2ccccc2)[C@H](Sc2ccccc2)OC2COC(c3ccccc3)O[C@@H]21. The molecule has 5 nitrogen and oxygen atoms in total. The highest BCUT2D eigenvalue weighted by molar-refractivity contribution is 7.99. The summed E-state index contributed by atoms with van der Waals surface area (Å²) in [6.07, 6.45) is -1.46. The first-order valence-corrected chi connectivity index (χ1v) is 12.0. The third-order valence-electron chi connectivity index (χ3n) is 5.99. The molecule has 2 aliphatic rings. The van der Waals surface area contributed by atoms with Crippen LogP contribution >= 0.6 is 11.8 Å². The Bertz CT molecular complexity index is 1050. The van der Waals surface area contributed by atoms with Gasteiger partial charge in [-0.1, -0.05) is 85.4 Å². The Morgan fingerprint density at radius 1 is 0.879 bits per heavy atom. The summed E-state index contributed by atoms with van der Waals surface area (Å²) in [6, 6.07) is 28.9. The zero-order valence-corrected chi connectivity index (χ0v) is 19.1. The van der Waals surface area contributed by atoms with Crippen LogP contribution in [0, 0.1) is 5.92 Å². The topological polar surface area (TPSA) is 54.0 Å². The molecule has 0 spiro atoms. The zero-order chi connectivity index (χ0) is 22.6. The predicted octanol–water partition coefficient (Wildman–Crippen LogP) is 5.48. The Morgan fingerprint density at radius 3 is 2.21 bits per heavy atom. The zero-order valence-electron chi connectivity index (χ0n) is 18.3. The minimum Gasteiger partial charge on any atom is -0.455 e. The normalized spacial score (nSPS) is 29.1. The number of ether oxygens (including phenoxy) is 4. The molecule has 2 heterocycles. The van der Waals surface area contributed by atoms with E-state index in [0.717, 1.165) is 10.5 Å². The minimum atomic E-state index is -0.487. The van der Waals surface area contributed by atoms with E-state index in [-0.39, 0.29) is 29.5 Å². The molecule has 2 fully saturated rings. The first-order valence-electron chi connectivity index (χ1n) is 11.1. The minimum absolute atomic E-state index is 0.0901. The Hall–Kier alpha value is -2.64. The summed E-state index contributed by atoms with van der Waals surface area (Å²) in [5, 5.41) is 0. The molecule has 6 heteroatoms. The number of fused-ring (bicyclic) bond motifs is 1. The van der Waals surface area contributed by atoms with Crippen LogP contribution in [0.4, 0.5) is 0 Å². The summed E-state index contributed by atoms with van der Waals surface area (Å²) < 4.78 is 24.9. The molecule has 2 aliphatic heterocycles. The average molecular weight is 463 g/mol. The van der Waals surface area contributed by atoms with E-state index >= 15 is 0 Å². The second-order valence-electron chi connectivity index (χ2n) is 8.25. The van der Waals surface area contributed by atoms with Crippen LogP contribution in [0.5, 0.6) is 0 Å². The van der Waals surface area contributed by atoms with E-state index in [1.54, 1.807) is 23.9 Å². The molecule has 2 saturated heterocycles. The number of rotatable bonds is 5. The van der Waals surface area contributed by atoms with Gasteiger partial charge in [0.05, 0.1) is 18.3 Å². The summed E-state index contributed by atoms with van der Waals surface area (Å²) in [5.74, 6) is -0.451. The van der Waals surface area contributed by atoms with Gasteiger partial charge in [0.15, 0.2) is 6.29 Å². The van der Waals surface area contributed by atoms with Crippen LogP contribution in [-0.2, 0) is 18.9 Å². The predicted molar refractivity (Wildman–Crippen MR) is 126 cm³/mol. The fourth-order valence-corrected chi connectivity index (χ4v) is 5.47. The number of carbonyl (C=O) groups is 1. The highest BCUT2D eigenvalue weighted by atomic mass is 32.2. The highest BCUT2D eigenvalue weighted by Crippen LogP contribution is 2.42. The Morgan fingerprint density at radius 2 is 1.52 bits per heavy atom. The van der Waals surface area contributed by atoms with E-state index in [0.29, 0.717) is 12.2 Å². The molecule has 0 N–H and O–H groups in total. The van der Waals surface area contributed by atoms with Gasteiger partial charge in [-0.3, -0.25) is 0 Å². The van der Waals surface area contributed by atoms with Gasteiger partial charge in [-0.2, -0.15) is 0 Å². The quantitative estimate of drug-likeness (QED) is 0.468. The largest absolute Gasteiger partial charge is 0.455 e. The van der Waals surface area contributed by atoms with E-state index in [2.05, 4.69) is 6.92 Å². The van der Waals surface area contributed by atoms with Gasteiger partial charge in [0, 0.05) is 16.4 Å². The molecule has 170 valence electrons. The van der Waals surface area contributed by atoms with Crippen molar-refractivity contribution in [3.8, 4) is 0 Å². The van der Waals surface area contributed by atoms with Crippen LogP contribution in [0.15, 0.2) is 95.9 Å². The van der Waals surface area contributed by atoms with Crippen molar-refractivity contribution in [1.82, 2.24) is 0 Å². The van der Waals surface area contributed by atoms with E-state index in [9.17, 15) is 4.79 Å². The van der Waals surface area contributed by atoms with E-state index in [1.807, 2.05) is 78.9 Å². The van der Waals surface area contributed by atoms with Gasteiger partial charge < -0.3 is 18.9 Å². The molecule has 3 aromatic carbocycles. The molecular formula is C27H26O5S. The smallest absolute Gasteiger partial charge is 0.338 e. The van der Waals surface area contributed by atoms with Crippen molar-refractivity contribution in [2.24, 2.45) is 5.92 Å². The van der Waals surface area contributed by atoms with Crippen LogP contribution in [0.2, 0.25) is 0 Å². The number of esters is 1. The van der Waals surface area contributed by atoms with Crippen LogP contribution in [-0.4, -0.2) is 36.3 Å². The third kappa shape index (κ3) is 4.99. The number of thioether (sulfide) groups is 1. The van der Waals surface area contributed by atoms with Crippen molar-refractivity contribution in [3.05, 3.63) is 102 Å². The van der Waals surface area contributed by atoms with E-state index in [1.165, 1.54) is 0 Å². The first-order chi connectivity index (χ1) is 16.2. The van der Waals surface area contributed by atoms with Crippen molar-refractivity contribution in [2.45, 2.75) is 41.9 Å². The average Bonchev–Trinajstić information content (AvgIpc) is 2.88. The maximum atomic E-state index is 12.9. The molecule has 0 bridgehead atoms. The van der Waals surface area contributed by atoms with Gasteiger partial charge in [-0.15, -0.1) is 0 Å². The molecule has 0 amide bonds. The Balaban J connectivity index is 1.38.